The third kappa shape index (κ3) is 5.45. The van der Waals surface area contributed by atoms with Crippen molar-refractivity contribution in [1.82, 2.24) is 20.1 Å². The monoisotopic (exact) mass is 574 g/mol. The number of nitrogen functional groups attached to an aromatic ring is 1. The van der Waals surface area contributed by atoms with Gasteiger partial charge in [0.1, 0.15) is 23.7 Å². The van der Waals surface area contributed by atoms with Crippen LogP contribution >= 0.6 is 0 Å². The molecule has 1 aromatic heterocycles. The van der Waals surface area contributed by atoms with Crippen LogP contribution in [0, 0.1) is 5.92 Å². The summed E-state index contributed by atoms with van der Waals surface area (Å²) in [5, 5.41) is 2.22. The molecule has 3 fully saturated rings. The number of benzene rings is 1. The molecule has 1 atom stereocenters. The lowest BCUT2D eigenvalue weighted by molar-refractivity contribution is -0.136. The first-order valence-corrected chi connectivity index (χ1v) is 14.9. The molecule has 1 saturated carbocycles. The molecule has 11 heteroatoms. The number of fused-ring (bicyclic) bond motifs is 1. The molecule has 1 aromatic carbocycles. The number of hydrogen-bond donors (Lipinski definition) is 2. The van der Waals surface area contributed by atoms with E-state index in [9.17, 15) is 19.2 Å². The number of carbonyl (C=O) groups is 4. The molecule has 4 aliphatic rings. The van der Waals surface area contributed by atoms with Gasteiger partial charge in [0.15, 0.2) is 0 Å². The number of aromatic nitrogens is 1. The minimum Gasteiger partial charge on any atom is -0.490 e. The number of piperidine rings is 2. The number of imide groups is 2. The highest BCUT2D eigenvalue weighted by Crippen LogP contribution is 2.35. The molecule has 3 aliphatic heterocycles. The predicted octanol–water partition coefficient (Wildman–Crippen LogP) is 2.60. The molecule has 2 saturated heterocycles. The molecule has 222 valence electrons. The Labute approximate surface area is 245 Å². The van der Waals surface area contributed by atoms with Gasteiger partial charge in [-0.15, -0.1) is 0 Å². The van der Waals surface area contributed by atoms with Crippen molar-refractivity contribution in [1.29, 1.82) is 0 Å². The van der Waals surface area contributed by atoms with Gasteiger partial charge in [-0.2, -0.15) is 0 Å². The van der Waals surface area contributed by atoms with Crippen molar-refractivity contribution in [3.05, 3.63) is 47.7 Å². The van der Waals surface area contributed by atoms with E-state index in [1.807, 2.05) is 12.1 Å². The molecule has 0 radical (unpaired) electrons. The second-order valence-corrected chi connectivity index (χ2v) is 12.2. The van der Waals surface area contributed by atoms with Crippen molar-refractivity contribution >= 4 is 35.1 Å². The summed E-state index contributed by atoms with van der Waals surface area (Å²) in [7, 11) is 0. The largest absolute Gasteiger partial charge is 0.490 e. The molecule has 1 aliphatic carbocycles. The predicted molar refractivity (Wildman–Crippen MR) is 156 cm³/mol. The van der Waals surface area contributed by atoms with Crippen molar-refractivity contribution < 1.29 is 23.9 Å². The third-order valence-electron chi connectivity index (χ3n) is 9.09. The van der Waals surface area contributed by atoms with E-state index in [0.717, 1.165) is 56.0 Å². The number of carbonyl (C=O) groups excluding carboxylic acids is 4. The lowest BCUT2D eigenvalue weighted by Gasteiger charge is -2.46. The Morgan fingerprint density at radius 1 is 1.02 bits per heavy atom. The third-order valence-corrected chi connectivity index (χ3v) is 9.09. The van der Waals surface area contributed by atoms with Gasteiger partial charge < -0.3 is 15.4 Å². The minimum absolute atomic E-state index is 0.0335. The van der Waals surface area contributed by atoms with E-state index in [1.54, 1.807) is 24.4 Å². The average Bonchev–Trinajstić information content (AvgIpc) is 3.19. The van der Waals surface area contributed by atoms with Gasteiger partial charge in [-0.1, -0.05) is 0 Å². The van der Waals surface area contributed by atoms with Gasteiger partial charge in [0.05, 0.1) is 23.0 Å². The number of anilines is 2. The SMILES string of the molecule is CC(C)N(CC1CCN(c2ccc(N)cn2)CC1)C1CC(Oc2ccc3c(c2)C(=O)N(C2CCC(=O)NC2=O)C3=O)C1. The van der Waals surface area contributed by atoms with E-state index in [4.69, 9.17) is 10.5 Å². The summed E-state index contributed by atoms with van der Waals surface area (Å²) in [6.45, 7) is 7.54. The second-order valence-electron chi connectivity index (χ2n) is 12.2. The summed E-state index contributed by atoms with van der Waals surface area (Å²) in [4.78, 5) is 60.3. The Bertz CT molecular complexity index is 1380. The van der Waals surface area contributed by atoms with Gasteiger partial charge >= 0.3 is 0 Å². The quantitative estimate of drug-likeness (QED) is 0.456. The lowest BCUT2D eigenvalue weighted by atomic mass is 9.85. The zero-order chi connectivity index (χ0) is 29.5. The number of pyridine rings is 1. The molecule has 3 N–H and O–H groups in total. The van der Waals surface area contributed by atoms with Crippen LogP contribution in [-0.2, 0) is 9.59 Å². The van der Waals surface area contributed by atoms with Crippen LogP contribution in [0.5, 0.6) is 5.75 Å². The fourth-order valence-electron chi connectivity index (χ4n) is 6.63. The molecule has 4 heterocycles. The Balaban J connectivity index is 1.02. The summed E-state index contributed by atoms with van der Waals surface area (Å²) in [6.07, 6.45) is 6.03. The zero-order valence-electron chi connectivity index (χ0n) is 24.1. The number of ether oxygens (including phenoxy) is 1. The highest BCUT2D eigenvalue weighted by atomic mass is 16.5. The van der Waals surface area contributed by atoms with Gasteiger partial charge in [0.2, 0.25) is 11.8 Å². The normalized spacial score (nSPS) is 24.7. The fourth-order valence-corrected chi connectivity index (χ4v) is 6.63. The summed E-state index contributed by atoms with van der Waals surface area (Å²) in [5.74, 6) is 0.123. The maximum atomic E-state index is 13.1. The maximum Gasteiger partial charge on any atom is 0.262 e. The maximum absolute atomic E-state index is 13.1. The number of nitrogens with one attached hydrogen (secondary N) is 1. The molecule has 6 rings (SSSR count). The van der Waals surface area contributed by atoms with Gasteiger partial charge in [-0.3, -0.25) is 34.3 Å². The second kappa shape index (κ2) is 11.4. The smallest absolute Gasteiger partial charge is 0.262 e. The van der Waals surface area contributed by atoms with Gasteiger partial charge in [-0.25, -0.2) is 4.98 Å². The standard InChI is InChI=1S/C31H38N6O5/c1-18(2)36(17-19-9-11-35(12-10-19)27-7-3-20(32)16-33-27)21-13-23(14-21)42-22-4-5-24-25(15-22)31(41)37(30(24)40)26-6-8-28(38)34-29(26)39/h3-5,7,15-16,18-19,21,23,26H,6,8-14,17,32H2,1-2H3,(H,34,38,39). The summed E-state index contributed by atoms with van der Waals surface area (Å²) in [6, 6.07) is 8.71. The molecule has 1 unspecified atom stereocenters. The van der Waals surface area contributed by atoms with Gasteiger partial charge in [0, 0.05) is 51.0 Å². The summed E-state index contributed by atoms with van der Waals surface area (Å²) < 4.78 is 6.24. The first kappa shape index (κ1) is 28.1. The Kier molecular flexibility index (Phi) is 7.61. The molecule has 2 aromatic rings. The molecule has 4 amide bonds. The van der Waals surface area contributed by atoms with E-state index in [1.165, 1.54) is 0 Å². The summed E-state index contributed by atoms with van der Waals surface area (Å²) in [5.41, 5.74) is 6.96. The molecule has 0 spiro atoms. The molecular formula is C31H38N6O5. The van der Waals surface area contributed by atoms with Crippen LogP contribution in [0.4, 0.5) is 11.5 Å². The Morgan fingerprint density at radius 3 is 2.43 bits per heavy atom. The van der Waals surface area contributed by atoms with Crippen molar-refractivity contribution in [2.45, 2.75) is 76.6 Å². The van der Waals surface area contributed by atoms with E-state index in [-0.39, 0.29) is 30.1 Å². The molecule has 0 bridgehead atoms. The van der Waals surface area contributed by atoms with Crippen LogP contribution in [0.25, 0.3) is 0 Å². The first-order chi connectivity index (χ1) is 20.2. The van der Waals surface area contributed by atoms with Crippen LogP contribution in [-0.4, -0.2) is 82.3 Å². The van der Waals surface area contributed by atoms with Crippen molar-refractivity contribution in [2.24, 2.45) is 5.92 Å². The van der Waals surface area contributed by atoms with Gasteiger partial charge in [0.25, 0.3) is 11.8 Å². The molecular weight excluding hydrogens is 536 g/mol. The number of nitrogens with two attached hydrogens (primary N) is 1. The van der Waals surface area contributed by atoms with Crippen LogP contribution in [0.15, 0.2) is 36.5 Å². The topological polar surface area (TPSA) is 138 Å². The van der Waals surface area contributed by atoms with E-state index in [0.29, 0.717) is 29.4 Å². The lowest BCUT2D eigenvalue weighted by Crippen LogP contribution is -2.54. The highest BCUT2D eigenvalue weighted by molar-refractivity contribution is 6.23. The molecule has 42 heavy (non-hydrogen) atoms. The summed E-state index contributed by atoms with van der Waals surface area (Å²) >= 11 is 0. The highest BCUT2D eigenvalue weighted by Gasteiger charge is 2.45. The number of rotatable bonds is 8. The van der Waals surface area contributed by atoms with E-state index in [2.05, 4.69) is 33.9 Å². The van der Waals surface area contributed by atoms with E-state index < -0.39 is 29.7 Å². The number of amides is 4. The van der Waals surface area contributed by atoms with Crippen LogP contribution in [0.2, 0.25) is 0 Å². The van der Waals surface area contributed by atoms with Crippen LogP contribution in [0.1, 0.15) is 73.1 Å². The average molecular weight is 575 g/mol. The van der Waals surface area contributed by atoms with Crippen molar-refractivity contribution in [2.75, 3.05) is 30.3 Å². The Hall–Kier alpha value is -3.99. The molecule has 11 nitrogen and oxygen atoms in total. The number of nitrogens with zero attached hydrogens (tertiary/aromatic N) is 4. The zero-order valence-corrected chi connectivity index (χ0v) is 24.1. The van der Waals surface area contributed by atoms with Gasteiger partial charge in [-0.05, 0) is 69.4 Å². The van der Waals surface area contributed by atoms with Crippen molar-refractivity contribution in [3.8, 4) is 5.75 Å². The van der Waals surface area contributed by atoms with Crippen LogP contribution < -0.4 is 20.7 Å². The fraction of sp³-hybridized carbons (Fsp3) is 0.516. The first-order valence-electron chi connectivity index (χ1n) is 14.9. The number of hydrogen-bond acceptors (Lipinski definition) is 9. The van der Waals surface area contributed by atoms with Crippen LogP contribution in [0.3, 0.4) is 0 Å². The van der Waals surface area contributed by atoms with E-state index >= 15 is 0 Å². The minimum atomic E-state index is -0.976. The Morgan fingerprint density at radius 2 is 1.76 bits per heavy atom. The van der Waals surface area contributed by atoms with Crippen molar-refractivity contribution in [3.63, 3.8) is 0 Å².